The summed E-state index contributed by atoms with van der Waals surface area (Å²) in [5.74, 6) is 0. The summed E-state index contributed by atoms with van der Waals surface area (Å²) in [7, 11) is 0. The lowest BCUT2D eigenvalue weighted by Crippen LogP contribution is -2.17. The smallest absolute Gasteiger partial charge is 0.0592 e. The summed E-state index contributed by atoms with van der Waals surface area (Å²) in [5, 5.41) is 6.28. The summed E-state index contributed by atoms with van der Waals surface area (Å²) in [6.45, 7) is 5.28. The summed E-state index contributed by atoms with van der Waals surface area (Å²) < 4.78 is 0. The van der Waals surface area contributed by atoms with Gasteiger partial charge in [0.05, 0.1) is 9.90 Å². The predicted molar refractivity (Wildman–Crippen MR) is 76.9 cm³/mol. The molecule has 1 N–H and O–H groups in total. The van der Waals surface area contributed by atoms with Crippen LogP contribution in [0.15, 0.2) is 35.7 Å². The molecule has 0 spiro atoms. The maximum Gasteiger partial charge on any atom is 0.0592 e. The molecule has 3 heteroatoms. The fourth-order valence-electron chi connectivity index (χ4n) is 1.87. The van der Waals surface area contributed by atoms with Crippen molar-refractivity contribution >= 4 is 22.9 Å². The fourth-order valence-corrected chi connectivity index (χ4v) is 3.04. The summed E-state index contributed by atoms with van der Waals surface area (Å²) in [5.41, 5.74) is 2.50. The number of thiophene rings is 1. The Morgan fingerprint density at radius 2 is 2.18 bits per heavy atom. The maximum absolute atomic E-state index is 6.16. The normalized spacial score (nSPS) is 12.6. The van der Waals surface area contributed by atoms with Gasteiger partial charge in [0.25, 0.3) is 0 Å². The van der Waals surface area contributed by atoms with E-state index in [1.807, 2.05) is 11.4 Å². The molecule has 1 atom stereocenters. The largest absolute Gasteiger partial charge is 0.310 e. The van der Waals surface area contributed by atoms with Gasteiger partial charge in [-0.1, -0.05) is 36.7 Å². The van der Waals surface area contributed by atoms with E-state index in [0.717, 1.165) is 16.4 Å². The van der Waals surface area contributed by atoms with Crippen molar-refractivity contribution in [1.82, 2.24) is 5.32 Å². The van der Waals surface area contributed by atoms with Crippen LogP contribution in [0.2, 0.25) is 5.02 Å². The van der Waals surface area contributed by atoms with E-state index in [2.05, 4.69) is 43.4 Å². The SMILES string of the molecule is CCNC(C)c1cccc(-c2sccc2Cl)c1. The third-order valence-electron chi connectivity index (χ3n) is 2.78. The highest BCUT2D eigenvalue weighted by molar-refractivity contribution is 7.14. The molecule has 17 heavy (non-hydrogen) atoms. The minimum Gasteiger partial charge on any atom is -0.310 e. The molecule has 1 unspecified atom stereocenters. The molecule has 2 aromatic rings. The van der Waals surface area contributed by atoms with Crippen LogP contribution in [0.5, 0.6) is 0 Å². The molecule has 1 aromatic heterocycles. The zero-order valence-corrected chi connectivity index (χ0v) is 11.6. The molecule has 0 amide bonds. The molecule has 0 saturated heterocycles. The monoisotopic (exact) mass is 265 g/mol. The third-order valence-corrected chi connectivity index (χ3v) is 4.17. The molecule has 0 saturated carbocycles. The molecule has 0 aliphatic carbocycles. The average molecular weight is 266 g/mol. The van der Waals surface area contributed by atoms with Crippen LogP contribution in [0.4, 0.5) is 0 Å². The summed E-state index contributed by atoms with van der Waals surface area (Å²) in [4.78, 5) is 1.15. The van der Waals surface area contributed by atoms with E-state index < -0.39 is 0 Å². The van der Waals surface area contributed by atoms with E-state index in [-0.39, 0.29) is 0 Å². The molecule has 90 valence electrons. The van der Waals surface area contributed by atoms with E-state index in [1.165, 1.54) is 11.1 Å². The standard InChI is InChI=1S/C14H16ClNS/c1-3-16-10(2)11-5-4-6-12(9-11)14-13(15)7-8-17-14/h4-10,16H,3H2,1-2H3. The van der Waals surface area contributed by atoms with Crippen LogP contribution >= 0.6 is 22.9 Å². The second-order valence-corrected chi connectivity index (χ2v) is 5.33. The van der Waals surface area contributed by atoms with Gasteiger partial charge in [-0.15, -0.1) is 11.3 Å². The first-order chi connectivity index (χ1) is 8.22. The van der Waals surface area contributed by atoms with Gasteiger partial charge in [0, 0.05) is 6.04 Å². The highest BCUT2D eigenvalue weighted by Gasteiger charge is 2.08. The number of rotatable bonds is 4. The molecule has 0 aliphatic heterocycles. The molecule has 1 aromatic carbocycles. The Morgan fingerprint density at radius 1 is 1.35 bits per heavy atom. The van der Waals surface area contributed by atoms with Gasteiger partial charge in [-0.3, -0.25) is 0 Å². The van der Waals surface area contributed by atoms with Crippen molar-refractivity contribution in [3.8, 4) is 10.4 Å². The Kier molecular flexibility index (Phi) is 4.21. The van der Waals surface area contributed by atoms with Gasteiger partial charge < -0.3 is 5.32 Å². The first-order valence-corrected chi connectivity index (χ1v) is 7.05. The second-order valence-electron chi connectivity index (χ2n) is 4.00. The lowest BCUT2D eigenvalue weighted by Gasteiger charge is -2.13. The molecule has 1 heterocycles. The van der Waals surface area contributed by atoms with Crippen molar-refractivity contribution in [2.45, 2.75) is 19.9 Å². The van der Waals surface area contributed by atoms with Crippen LogP contribution in [0.1, 0.15) is 25.5 Å². The zero-order chi connectivity index (χ0) is 12.3. The summed E-state index contributed by atoms with van der Waals surface area (Å²) in [6.07, 6.45) is 0. The number of halogens is 1. The number of hydrogen-bond donors (Lipinski definition) is 1. The van der Waals surface area contributed by atoms with Gasteiger partial charge >= 0.3 is 0 Å². The Labute approximate surface area is 111 Å². The Hall–Kier alpha value is -0.830. The first kappa shape index (κ1) is 12.6. The van der Waals surface area contributed by atoms with Crippen molar-refractivity contribution in [1.29, 1.82) is 0 Å². The number of benzene rings is 1. The number of hydrogen-bond acceptors (Lipinski definition) is 2. The number of nitrogens with one attached hydrogen (secondary N) is 1. The van der Waals surface area contributed by atoms with Crippen LogP contribution in [0, 0.1) is 0 Å². The zero-order valence-electron chi connectivity index (χ0n) is 10.0. The predicted octanol–water partition coefficient (Wildman–Crippen LogP) is 4.74. The maximum atomic E-state index is 6.16. The molecular formula is C14H16ClNS. The molecule has 0 aliphatic rings. The van der Waals surface area contributed by atoms with Crippen molar-refractivity contribution in [2.75, 3.05) is 6.54 Å². The van der Waals surface area contributed by atoms with Crippen molar-refractivity contribution in [3.63, 3.8) is 0 Å². The first-order valence-electron chi connectivity index (χ1n) is 5.79. The van der Waals surface area contributed by atoms with Crippen molar-refractivity contribution in [2.24, 2.45) is 0 Å². The van der Waals surface area contributed by atoms with Gasteiger partial charge in [0.2, 0.25) is 0 Å². The molecule has 0 radical (unpaired) electrons. The van der Waals surface area contributed by atoms with Gasteiger partial charge in [0.1, 0.15) is 0 Å². The lowest BCUT2D eigenvalue weighted by atomic mass is 10.0. The van der Waals surface area contributed by atoms with E-state index in [0.29, 0.717) is 6.04 Å². The van der Waals surface area contributed by atoms with Crippen LogP contribution in [-0.4, -0.2) is 6.54 Å². The van der Waals surface area contributed by atoms with E-state index in [4.69, 9.17) is 11.6 Å². The Morgan fingerprint density at radius 3 is 2.82 bits per heavy atom. The third kappa shape index (κ3) is 2.89. The van der Waals surface area contributed by atoms with Gasteiger partial charge in [-0.05, 0) is 42.1 Å². The topological polar surface area (TPSA) is 12.0 Å². The average Bonchev–Trinajstić information content (AvgIpc) is 2.76. The highest BCUT2D eigenvalue weighted by Crippen LogP contribution is 2.34. The molecular weight excluding hydrogens is 250 g/mol. The van der Waals surface area contributed by atoms with Crippen LogP contribution in [-0.2, 0) is 0 Å². The Bertz CT molecular complexity index is 492. The minimum absolute atomic E-state index is 0.374. The van der Waals surface area contributed by atoms with Crippen LogP contribution < -0.4 is 5.32 Å². The molecule has 1 nitrogen and oxygen atoms in total. The van der Waals surface area contributed by atoms with Crippen LogP contribution in [0.25, 0.3) is 10.4 Å². The van der Waals surface area contributed by atoms with E-state index in [1.54, 1.807) is 11.3 Å². The quantitative estimate of drug-likeness (QED) is 0.842. The molecule has 0 fully saturated rings. The van der Waals surface area contributed by atoms with E-state index >= 15 is 0 Å². The highest BCUT2D eigenvalue weighted by atomic mass is 35.5. The Balaban J connectivity index is 2.32. The van der Waals surface area contributed by atoms with E-state index in [9.17, 15) is 0 Å². The minimum atomic E-state index is 0.374. The van der Waals surface area contributed by atoms with Gasteiger partial charge in [-0.2, -0.15) is 0 Å². The van der Waals surface area contributed by atoms with Crippen molar-refractivity contribution < 1.29 is 0 Å². The van der Waals surface area contributed by atoms with Gasteiger partial charge in [-0.25, -0.2) is 0 Å². The van der Waals surface area contributed by atoms with Crippen molar-refractivity contribution in [3.05, 3.63) is 46.3 Å². The van der Waals surface area contributed by atoms with Gasteiger partial charge in [0.15, 0.2) is 0 Å². The summed E-state index contributed by atoms with van der Waals surface area (Å²) >= 11 is 7.85. The lowest BCUT2D eigenvalue weighted by molar-refractivity contribution is 0.598. The van der Waals surface area contributed by atoms with Crippen LogP contribution in [0.3, 0.4) is 0 Å². The summed E-state index contributed by atoms with van der Waals surface area (Å²) in [6, 6.07) is 10.9. The second kappa shape index (κ2) is 5.67. The fraction of sp³-hybridized carbons (Fsp3) is 0.286. The molecule has 0 bridgehead atoms. The molecule has 2 rings (SSSR count).